The summed E-state index contributed by atoms with van der Waals surface area (Å²) in [6.45, 7) is 4.92. The molecule has 0 N–H and O–H groups in total. The Balaban J connectivity index is 1.57. The summed E-state index contributed by atoms with van der Waals surface area (Å²) < 4.78 is 5.44. The van der Waals surface area contributed by atoms with Gasteiger partial charge in [0.05, 0.1) is 28.2 Å². The van der Waals surface area contributed by atoms with Crippen LogP contribution in [0.2, 0.25) is 0 Å². The van der Waals surface area contributed by atoms with Crippen molar-refractivity contribution in [2.24, 2.45) is 0 Å². The maximum absolute atomic E-state index is 5.44. The molecule has 3 aromatic heterocycles. The molecule has 4 rings (SSSR count). The first kappa shape index (κ1) is 15.4. The van der Waals surface area contributed by atoms with Gasteiger partial charge < -0.3 is 4.52 Å². The molecular weight excluding hydrogens is 322 g/mol. The molecule has 1 saturated heterocycles. The first-order chi connectivity index (χ1) is 11.8. The van der Waals surface area contributed by atoms with Gasteiger partial charge in [-0.15, -0.1) is 11.3 Å². The van der Waals surface area contributed by atoms with Gasteiger partial charge in [0.1, 0.15) is 6.33 Å². The van der Waals surface area contributed by atoms with Crippen molar-refractivity contribution in [3.05, 3.63) is 46.6 Å². The average molecular weight is 341 g/mol. The molecule has 0 bridgehead atoms. The fourth-order valence-electron chi connectivity index (χ4n) is 3.31. The lowest BCUT2D eigenvalue weighted by Crippen LogP contribution is -2.34. The van der Waals surface area contributed by atoms with Crippen LogP contribution in [0, 0.1) is 6.92 Å². The molecular formula is C17H19N5OS. The van der Waals surface area contributed by atoms with Crippen molar-refractivity contribution in [1.82, 2.24) is 25.0 Å². The Bertz CT molecular complexity index is 801. The third-order valence-electron chi connectivity index (χ3n) is 4.40. The molecule has 1 atom stereocenters. The van der Waals surface area contributed by atoms with Crippen molar-refractivity contribution in [2.45, 2.75) is 32.2 Å². The van der Waals surface area contributed by atoms with Gasteiger partial charge in [-0.1, -0.05) is 5.16 Å². The Kier molecular flexibility index (Phi) is 4.36. The second-order valence-corrected chi connectivity index (χ2v) is 6.93. The zero-order valence-corrected chi connectivity index (χ0v) is 14.4. The Morgan fingerprint density at radius 3 is 3.12 bits per heavy atom. The molecule has 1 aliphatic heterocycles. The Morgan fingerprint density at radius 2 is 2.33 bits per heavy atom. The number of hydrogen-bond donors (Lipinski definition) is 0. The molecule has 0 saturated carbocycles. The van der Waals surface area contributed by atoms with Crippen molar-refractivity contribution in [3.63, 3.8) is 0 Å². The van der Waals surface area contributed by atoms with Crippen LogP contribution in [-0.4, -0.2) is 38.1 Å². The monoisotopic (exact) mass is 341 g/mol. The number of aromatic nitrogens is 4. The summed E-state index contributed by atoms with van der Waals surface area (Å²) in [5, 5.41) is 6.12. The molecule has 0 aliphatic carbocycles. The number of thiazole rings is 1. The third-order valence-corrected chi connectivity index (χ3v) is 5.03. The van der Waals surface area contributed by atoms with Crippen molar-refractivity contribution in [3.8, 4) is 11.3 Å². The normalized spacial score (nSPS) is 18.8. The summed E-state index contributed by atoms with van der Waals surface area (Å²) in [7, 11) is 0. The number of likely N-dealkylation sites (tertiary alicyclic amines) is 1. The molecule has 7 heteroatoms. The topological polar surface area (TPSA) is 67.9 Å². The van der Waals surface area contributed by atoms with Crippen LogP contribution in [-0.2, 0) is 6.54 Å². The molecule has 24 heavy (non-hydrogen) atoms. The van der Waals surface area contributed by atoms with Gasteiger partial charge in [0.2, 0.25) is 0 Å². The van der Waals surface area contributed by atoms with E-state index in [1.54, 1.807) is 17.7 Å². The highest BCUT2D eigenvalue weighted by Gasteiger charge is 2.26. The van der Waals surface area contributed by atoms with Crippen LogP contribution in [0.1, 0.15) is 35.8 Å². The van der Waals surface area contributed by atoms with Crippen molar-refractivity contribution in [1.29, 1.82) is 0 Å². The fourth-order valence-corrected chi connectivity index (χ4v) is 3.86. The number of hydrogen-bond acceptors (Lipinski definition) is 7. The van der Waals surface area contributed by atoms with E-state index in [9.17, 15) is 0 Å². The lowest BCUT2D eigenvalue weighted by atomic mass is 9.91. The lowest BCUT2D eigenvalue weighted by molar-refractivity contribution is 0.197. The van der Waals surface area contributed by atoms with E-state index in [1.165, 1.54) is 0 Å². The summed E-state index contributed by atoms with van der Waals surface area (Å²) in [6.07, 6.45) is 5.75. The zero-order chi connectivity index (χ0) is 16.4. The summed E-state index contributed by atoms with van der Waals surface area (Å²) in [4.78, 5) is 15.6. The van der Waals surface area contributed by atoms with E-state index >= 15 is 0 Å². The summed E-state index contributed by atoms with van der Waals surface area (Å²) in [6, 6.07) is 1.94. The van der Waals surface area contributed by atoms with Crippen LogP contribution in [0.4, 0.5) is 0 Å². The third kappa shape index (κ3) is 3.22. The first-order valence-electron chi connectivity index (χ1n) is 8.12. The van der Waals surface area contributed by atoms with Gasteiger partial charge in [-0.3, -0.25) is 4.90 Å². The van der Waals surface area contributed by atoms with E-state index in [-0.39, 0.29) is 0 Å². The maximum atomic E-state index is 5.44. The van der Waals surface area contributed by atoms with Crippen molar-refractivity contribution >= 4 is 11.3 Å². The molecule has 0 unspecified atom stereocenters. The van der Waals surface area contributed by atoms with E-state index in [2.05, 4.69) is 30.4 Å². The van der Waals surface area contributed by atoms with Gasteiger partial charge in [-0.25, -0.2) is 15.0 Å². The van der Waals surface area contributed by atoms with E-state index in [0.29, 0.717) is 5.92 Å². The number of aryl methyl sites for hydroxylation is 1. The summed E-state index contributed by atoms with van der Waals surface area (Å²) in [5.41, 5.74) is 5.93. The van der Waals surface area contributed by atoms with E-state index < -0.39 is 0 Å². The number of piperidine rings is 1. The second kappa shape index (κ2) is 6.78. The van der Waals surface area contributed by atoms with Gasteiger partial charge in [0.25, 0.3) is 0 Å². The largest absolute Gasteiger partial charge is 0.356 e. The quantitative estimate of drug-likeness (QED) is 0.725. The molecule has 6 nitrogen and oxygen atoms in total. The lowest BCUT2D eigenvalue weighted by Gasteiger charge is -2.32. The van der Waals surface area contributed by atoms with Crippen LogP contribution in [0.5, 0.6) is 0 Å². The molecule has 0 aromatic carbocycles. The highest BCUT2D eigenvalue weighted by atomic mass is 32.1. The molecule has 124 valence electrons. The first-order valence-corrected chi connectivity index (χ1v) is 9.07. The molecule has 1 aliphatic rings. The minimum atomic E-state index is 0.376. The van der Waals surface area contributed by atoms with Crippen LogP contribution < -0.4 is 0 Å². The standard InChI is InChI=1S/C17H19N5OS/c1-12-5-16(23-21-12)15-6-18-10-19-17(15)13-3-2-4-22(7-13)8-14-9-24-11-20-14/h5-6,9-11,13H,2-4,7-8H2,1H3/t13-/m1/s1. The molecule has 1 fully saturated rings. The average Bonchev–Trinajstić information content (AvgIpc) is 3.27. The Hall–Kier alpha value is -2.12. The van der Waals surface area contributed by atoms with Crippen molar-refractivity contribution < 1.29 is 4.52 Å². The summed E-state index contributed by atoms with van der Waals surface area (Å²) >= 11 is 1.65. The fraction of sp³-hybridized carbons (Fsp3) is 0.412. The maximum Gasteiger partial charge on any atom is 0.170 e. The highest BCUT2D eigenvalue weighted by molar-refractivity contribution is 7.07. The van der Waals surface area contributed by atoms with E-state index in [1.807, 2.05) is 24.7 Å². The second-order valence-electron chi connectivity index (χ2n) is 6.21. The van der Waals surface area contributed by atoms with Crippen LogP contribution in [0.25, 0.3) is 11.3 Å². The highest BCUT2D eigenvalue weighted by Crippen LogP contribution is 2.33. The van der Waals surface area contributed by atoms with Crippen LogP contribution in [0.3, 0.4) is 0 Å². The van der Waals surface area contributed by atoms with Gasteiger partial charge >= 0.3 is 0 Å². The van der Waals surface area contributed by atoms with E-state index in [4.69, 9.17) is 4.52 Å². The molecule has 4 heterocycles. The molecule has 3 aromatic rings. The van der Waals surface area contributed by atoms with Gasteiger partial charge in [-0.2, -0.15) is 0 Å². The van der Waals surface area contributed by atoms with E-state index in [0.717, 1.165) is 60.9 Å². The molecule has 0 radical (unpaired) electrons. The Morgan fingerprint density at radius 1 is 1.38 bits per heavy atom. The smallest absolute Gasteiger partial charge is 0.170 e. The minimum absolute atomic E-state index is 0.376. The number of nitrogens with zero attached hydrogens (tertiary/aromatic N) is 5. The molecule has 0 amide bonds. The summed E-state index contributed by atoms with van der Waals surface area (Å²) in [5.74, 6) is 1.13. The predicted molar refractivity (Wildman–Crippen MR) is 91.6 cm³/mol. The zero-order valence-electron chi connectivity index (χ0n) is 13.6. The van der Waals surface area contributed by atoms with Gasteiger partial charge in [-0.05, 0) is 26.3 Å². The Labute approximate surface area is 144 Å². The van der Waals surface area contributed by atoms with Gasteiger partial charge in [0.15, 0.2) is 5.76 Å². The van der Waals surface area contributed by atoms with Crippen LogP contribution >= 0.6 is 11.3 Å². The SMILES string of the molecule is Cc1cc(-c2cncnc2[C@@H]2CCCN(Cc3cscn3)C2)on1. The minimum Gasteiger partial charge on any atom is -0.356 e. The van der Waals surface area contributed by atoms with Crippen LogP contribution in [0.15, 0.2) is 34.0 Å². The van der Waals surface area contributed by atoms with Gasteiger partial charge in [0, 0.05) is 36.7 Å². The number of rotatable bonds is 4. The predicted octanol–water partition coefficient (Wildman–Crippen LogP) is 3.28. The molecule has 0 spiro atoms. The van der Waals surface area contributed by atoms with Crippen molar-refractivity contribution in [2.75, 3.05) is 13.1 Å².